The summed E-state index contributed by atoms with van der Waals surface area (Å²) in [6.45, 7) is 0.766. The third-order valence-corrected chi connectivity index (χ3v) is 5.85. The van der Waals surface area contributed by atoms with Crippen LogP contribution in [0.25, 0.3) is 11.0 Å². The summed E-state index contributed by atoms with van der Waals surface area (Å²) in [5.74, 6) is -0.538. The first-order valence-electron chi connectivity index (χ1n) is 8.90. The number of rotatable bonds is 6. The first kappa shape index (κ1) is 21.2. The Morgan fingerprint density at radius 2 is 2.10 bits per heavy atom. The van der Waals surface area contributed by atoms with Gasteiger partial charge in [-0.15, -0.1) is 0 Å². The number of hydrogen-bond acceptors (Lipinski definition) is 7. The maximum absolute atomic E-state index is 13.2. The maximum atomic E-state index is 13.2. The Morgan fingerprint density at radius 1 is 1.41 bits per heavy atom. The Morgan fingerprint density at radius 3 is 2.69 bits per heavy atom. The summed E-state index contributed by atoms with van der Waals surface area (Å²) in [7, 11) is 0.123. The van der Waals surface area contributed by atoms with E-state index >= 15 is 0 Å². The summed E-state index contributed by atoms with van der Waals surface area (Å²) < 4.78 is 45.3. The zero-order chi connectivity index (χ0) is 21.1. The molecule has 1 aliphatic rings. The molecule has 1 unspecified atom stereocenters. The van der Waals surface area contributed by atoms with Gasteiger partial charge in [0.1, 0.15) is 12.2 Å². The van der Waals surface area contributed by atoms with E-state index < -0.39 is 41.0 Å². The molecule has 1 fully saturated rings. The van der Waals surface area contributed by atoms with Gasteiger partial charge >= 0.3 is 5.97 Å². The Bertz CT molecular complexity index is 992. The smallest absolute Gasteiger partial charge is 0.325 e. The van der Waals surface area contributed by atoms with Gasteiger partial charge in [0, 0.05) is 37.0 Å². The minimum absolute atomic E-state index is 0.0355. The molecule has 0 spiro atoms. The molecule has 0 amide bonds. The van der Waals surface area contributed by atoms with Gasteiger partial charge in [-0.25, -0.2) is 22.3 Å². The summed E-state index contributed by atoms with van der Waals surface area (Å²) in [5, 5.41) is 3.37. The molecule has 12 heteroatoms. The third kappa shape index (κ3) is 4.75. The molecule has 2 aromatic rings. The quantitative estimate of drug-likeness (QED) is 0.685. The number of anilines is 1. The second kappa shape index (κ2) is 8.91. The molecular weight excluding hydrogens is 408 g/mol. The van der Waals surface area contributed by atoms with Crippen LogP contribution >= 0.6 is 0 Å². The molecule has 2 aromatic heterocycles. The minimum atomic E-state index is -3.00. The molecule has 9 nitrogen and oxygen atoms in total. The maximum Gasteiger partial charge on any atom is 0.325 e. The highest BCUT2D eigenvalue weighted by Gasteiger charge is 2.23. The summed E-state index contributed by atoms with van der Waals surface area (Å²) in [4.78, 5) is 32.6. The van der Waals surface area contributed by atoms with E-state index in [9.17, 15) is 22.6 Å². The van der Waals surface area contributed by atoms with E-state index in [-0.39, 0.29) is 23.0 Å². The summed E-state index contributed by atoms with van der Waals surface area (Å²) in [6, 6.07) is 1.07. The Hall–Kier alpha value is -2.47. The number of aromatic nitrogens is 3. The van der Waals surface area contributed by atoms with Crippen molar-refractivity contribution in [3.8, 4) is 0 Å². The van der Waals surface area contributed by atoms with Crippen molar-refractivity contribution in [3.05, 3.63) is 28.2 Å². The summed E-state index contributed by atoms with van der Waals surface area (Å²) in [6.07, 6.45) is 1.41. The third-order valence-electron chi connectivity index (χ3n) is 4.76. The van der Waals surface area contributed by atoms with E-state index in [4.69, 9.17) is 0 Å². The van der Waals surface area contributed by atoms with E-state index in [1.165, 1.54) is 6.20 Å². The van der Waals surface area contributed by atoms with Gasteiger partial charge in [0.2, 0.25) is 5.95 Å². The van der Waals surface area contributed by atoms with E-state index in [0.29, 0.717) is 13.1 Å². The standard InChI is InChI=1S/C17H21F2N5O4S/c1-28-13(25)9-24-15-10(7-12(14(18)19)16(24)26)8-20-17(22-15)21-11-3-5-23(6-4-11)29(2)27/h7-8,11,14H,3-6,9H2,1-2H3,(H,20,21,22). The van der Waals surface area contributed by atoms with E-state index in [1.54, 1.807) is 6.26 Å². The number of alkyl halides is 2. The molecule has 0 aliphatic carbocycles. The number of piperidine rings is 1. The van der Waals surface area contributed by atoms with Crippen LogP contribution in [0.1, 0.15) is 24.8 Å². The zero-order valence-electron chi connectivity index (χ0n) is 15.9. The molecule has 0 bridgehead atoms. The molecule has 3 heterocycles. The van der Waals surface area contributed by atoms with Crippen molar-refractivity contribution in [3.63, 3.8) is 0 Å². The second-order valence-corrected chi connectivity index (χ2v) is 7.98. The van der Waals surface area contributed by atoms with Gasteiger partial charge in [0.25, 0.3) is 12.0 Å². The first-order valence-corrected chi connectivity index (χ1v) is 10.4. The number of halogens is 2. The van der Waals surface area contributed by atoms with Crippen LogP contribution in [0.2, 0.25) is 0 Å². The van der Waals surface area contributed by atoms with Crippen LogP contribution in [0.3, 0.4) is 0 Å². The number of pyridine rings is 1. The highest BCUT2D eigenvalue weighted by molar-refractivity contribution is 7.81. The van der Waals surface area contributed by atoms with E-state index in [2.05, 4.69) is 20.0 Å². The fourth-order valence-corrected chi connectivity index (χ4v) is 3.91. The highest BCUT2D eigenvalue weighted by atomic mass is 32.2. The predicted molar refractivity (Wildman–Crippen MR) is 103 cm³/mol. The lowest BCUT2D eigenvalue weighted by Crippen LogP contribution is -2.39. The summed E-state index contributed by atoms with van der Waals surface area (Å²) in [5.41, 5.74) is -1.67. The molecule has 158 valence electrons. The molecule has 3 rings (SSSR count). The SMILES string of the molecule is COC(=O)Cn1c(=O)c(C(F)F)cc2cnc(NC3CCN(S(C)=O)CC3)nc21. The normalized spacial score (nSPS) is 16.9. The predicted octanol–water partition coefficient (Wildman–Crippen LogP) is 1.07. The van der Waals surface area contributed by atoms with Crippen LogP contribution in [-0.4, -0.2) is 61.5 Å². The number of hydrogen-bond donors (Lipinski definition) is 1. The number of carbonyl (C=O) groups excluding carboxylic acids is 1. The van der Waals surface area contributed by atoms with Gasteiger partial charge in [0.15, 0.2) is 0 Å². The fourth-order valence-electron chi connectivity index (χ4n) is 3.19. The Kier molecular flexibility index (Phi) is 6.52. The molecule has 1 aliphatic heterocycles. The van der Waals surface area contributed by atoms with E-state index in [1.807, 2.05) is 4.31 Å². The van der Waals surface area contributed by atoms with E-state index in [0.717, 1.165) is 30.6 Å². The van der Waals surface area contributed by atoms with Crippen molar-refractivity contribution in [2.75, 3.05) is 31.8 Å². The van der Waals surface area contributed by atoms with Crippen molar-refractivity contribution in [2.45, 2.75) is 31.9 Å². The molecule has 0 aromatic carbocycles. The van der Waals surface area contributed by atoms with Gasteiger partial charge in [-0.3, -0.25) is 14.2 Å². The first-order chi connectivity index (χ1) is 13.8. The van der Waals surface area contributed by atoms with Crippen LogP contribution in [0.15, 0.2) is 17.1 Å². The van der Waals surface area contributed by atoms with Gasteiger partial charge < -0.3 is 10.1 Å². The molecule has 0 saturated carbocycles. The number of methoxy groups -OCH3 is 1. The van der Waals surface area contributed by atoms with Crippen molar-refractivity contribution in [1.29, 1.82) is 0 Å². The fraction of sp³-hybridized carbons (Fsp3) is 0.529. The number of nitrogens with zero attached hydrogens (tertiary/aromatic N) is 4. The van der Waals surface area contributed by atoms with Crippen LogP contribution in [0.4, 0.5) is 14.7 Å². The zero-order valence-corrected chi connectivity index (χ0v) is 16.7. The monoisotopic (exact) mass is 429 g/mol. The number of nitrogens with one attached hydrogen (secondary N) is 1. The van der Waals surface area contributed by atoms with Gasteiger partial charge in [-0.05, 0) is 18.9 Å². The lowest BCUT2D eigenvalue weighted by atomic mass is 10.1. The Labute approximate surface area is 167 Å². The lowest BCUT2D eigenvalue weighted by molar-refractivity contribution is -0.141. The van der Waals surface area contributed by atoms with Crippen molar-refractivity contribution >= 4 is 33.9 Å². The lowest BCUT2D eigenvalue weighted by Gasteiger charge is -2.30. The van der Waals surface area contributed by atoms with Crippen molar-refractivity contribution in [2.24, 2.45) is 0 Å². The average molecular weight is 429 g/mol. The van der Waals surface area contributed by atoms with Crippen LogP contribution in [0, 0.1) is 0 Å². The Balaban J connectivity index is 1.92. The molecule has 1 N–H and O–H groups in total. The molecule has 1 saturated heterocycles. The van der Waals surface area contributed by atoms with Gasteiger partial charge in [-0.2, -0.15) is 4.98 Å². The topological polar surface area (TPSA) is 106 Å². The van der Waals surface area contributed by atoms with Crippen LogP contribution in [0.5, 0.6) is 0 Å². The second-order valence-electron chi connectivity index (χ2n) is 6.61. The highest BCUT2D eigenvalue weighted by Crippen LogP contribution is 2.21. The minimum Gasteiger partial charge on any atom is -0.468 e. The number of fused-ring (bicyclic) bond motifs is 1. The van der Waals surface area contributed by atoms with Crippen molar-refractivity contribution < 1.29 is 22.5 Å². The van der Waals surface area contributed by atoms with Crippen molar-refractivity contribution in [1.82, 2.24) is 18.8 Å². The summed E-state index contributed by atoms with van der Waals surface area (Å²) >= 11 is 0. The molecule has 29 heavy (non-hydrogen) atoms. The molecule has 1 atom stereocenters. The van der Waals surface area contributed by atoms with Gasteiger partial charge in [-0.1, -0.05) is 0 Å². The number of esters is 1. The average Bonchev–Trinajstić information content (AvgIpc) is 2.70. The van der Waals surface area contributed by atoms with Crippen LogP contribution in [-0.2, 0) is 27.1 Å². The number of ether oxygens (including phenoxy) is 1. The van der Waals surface area contributed by atoms with Gasteiger partial charge in [0.05, 0.1) is 23.7 Å². The largest absolute Gasteiger partial charge is 0.468 e. The molecular formula is C17H21F2N5O4S. The number of carbonyl (C=O) groups is 1. The molecule has 0 radical (unpaired) electrons. The van der Waals surface area contributed by atoms with Crippen LogP contribution < -0.4 is 10.9 Å².